The quantitative estimate of drug-likeness (QED) is 0.0241. The highest BCUT2D eigenvalue weighted by Gasteiger charge is 2.27. The summed E-state index contributed by atoms with van der Waals surface area (Å²) in [5, 5.41) is 10.2. The number of ketones is 1. The molecule has 0 aromatic carbocycles. The minimum atomic E-state index is -4.80. The third-order valence-corrected chi connectivity index (χ3v) is 10.6. The van der Waals surface area contributed by atoms with Crippen LogP contribution in [0.1, 0.15) is 181 Å². The Morgan fingerprint density at radius 1 is 0.764 bits per heavy atom. The van der Waals surface area contributed by atoms with Crippen molar-refractivity contribution in [2.75, 3.05) is 13.2 Å². The van der Waals surface area contributed by atoms with E-state index in [9.17, 15) is 24.1 Å². The molecule has 1 aliphatic carbocycles. The Hall–Kier alpha value is -2.10. The van der Waals surface area contributed by atoms with E-state index in [1.54, 1.807) is 12.2 Å². The maximum Gasteiger partial charge on any atom is 0.469 e. The number of carbonyl (C=O) groups is 3. The van der Waals surface area contributed by atoms with Crippen LogP contribution in [0.3, 0.4) is 0 Å². The summed E-state index contributed by atoms with van der Waals surface area (Å²) in [5.74, 6) is -0.415. The van der Waals surface area contributed by atoms with E-state index in [4.69, 9.17) is 19.3 Å². The van der Waals surface area contributed by atoms with Gasteiger partial charge in [0.2, 0.25) is 0 Å². The number of ether oxygens (including phenoxy) is 2. The van der Waals surface area contributed by atoms with Crippen LogP contribution < -0.4 is 0 Å². The lowest BCUT2D eigenvalue weighted by atomic mass is 9.90. The number of phosphoric ester groups is 1. The largest absolute Gasteiger partial charge is 0.469 e. The molecular weight excluding hydrogens is 719 g/mol. The topological polar surface area (TPSA) is 157 Å². The molecule has 0 aromatic heterocycles. The normalized spacial score (nSPS) is 17.2. The fourth-order valence-corrected chi connectivity index (χ4v) is 7.09. The summed E-state index contributed by atoms with van der Waals surface area (Å²) in [5.41, 5.74) is 0. The van der Waals surface area contributed by atoms with Crippen molar-refractivity contribution in [2.24, 2.45) is 17.8 Å². The van der Waals surface area contributed by atoms with Crippen molar-refractivity contribution in [1.29, 1.82) is 0 Å². The van der Waals surface area contributed by atoms with Crippen LogP contribution in [0.4, 0.5) is 0 Å². The number of hydrogen-bond donors (Lipinski definition) is 3. The number of phosphoric acid groups is 1. The Balaban J connectivity index is 2.21. The second kappa shape index (κ2) is 32.9. The minimum Gasteiger partial charge on any atom is -0.462 e. The first-order chi connectivity index (χ1) is 26.4. The predicted octanol–water partition coefficient (Wildman–Crippen LogP) is 10.8. The second-order valence-electron chi connectivity index (χ2n) is 15.8. The van der Waals surface area contributed by atoms with E-state index in [0.29, 0.717) is 32.1 Å². The molecule has 0 saturated carbocycles. The van der Waals surface area contributed by atoms with Gasteiger partial charge in [0, 0.05) is 18.8 Å². The van der Waals surface area contributed by atoms with Crippen LogP contribution in [-0.4, -0.2) is 58.0 Å². The molecule has 1 aliphatic rings. The van der Waals surface area contributed by atoms with Gasteiger partial charge in [-0.05, 0) is 50.0 Å². The summed E-state index contributed by atoms with van der Waals surface area (Å²) in [6.45, 7) is 5.77. The van der Waals surface area contributed by atoms with Crippen LogP contribution in [-0.2, 0) is 32.9 Å². The van der Waals surface area contributed by atoms with Crippen LogP contribution in [0.2, 0.25) is 0 Å². The van der Waals surface area contributed by atoms with E-state index in [0.717, 1.165) is 44.4 Å². The Morgan fingerprint density at radius 3 is 1.91 bits per heavy atom. The number of hydrogen-bond acceptors (Lipinski definition) is 8. The molecule has 55 heavy (non-hydrogen) atoms. The molecule has 3 N–H and O–H groups in total. The molecule has 10 nitrogen and oxygen atoms in total. The van der Waals surface area contributed by atoms with Crippen molar-refractivity contribution in [2.45, 2.75) is 193 Å². The molecule has 0 saturated heterocycles. The number of rotatable bonds is 36. The lowest BCUT2D eigenvalue weighted by Gasteiger charge is -2.18. The van der Waals surface area contributed by atoms with Crippen LogP contribution >= 0.6 is 7.82 Å². The zero-order valence-corrected chi connectivity index (χ0v) is 35.5. The Bertz CT molecular complexity index is 1140. The number of carbonyl (C=O) groups excluding carboxylic acids is 3. The van der Waals surface area contributed by atoms with Crippen molar-refractivity contribution in [3.05, 3.63) is 36.5 Å². The number of aliphatic hydroxyl groups excluding tert-OH is 1. The fraction of sp³-hybridized carbons (Fsp3) is 0.795. The highest BCUT2D eigenvalue weighted by atomic mass is 31.2. The lowest BCUT2D eigenvalue weighted by molar-refractivity contribution is -0.161. The van der Waals surface area contributed by atoms with Crippen molar-refractivity contribution in [1.82, 2.24) is 0 Å². The molecule has 0 aromatic rings. The maximum atomic E-state index is 12.5. The van der Waals surface area contributed by atoms with Gasteiger partial charge in [0.25, 0.3) is 0 Å². The van der Waals surface area contributed by atoms with Gasteiger partial charge >= 0.3 is 19.8 Å². The van der Waals surface area contributed by atoms with Crippen LogP contribution in [0.25, 0.3) is 0 Å². The summed E-state index contributed by atoms with van der Waals surface area (Å²) in [7, 11) is -4.80. The van der Waals surface area contributed by atoms with Gasteiger partial charge < -0.3 is 24.4 Å². The van der Waals surface area contributed by atoms with E-state index in [1.165, 1.54) is 77.0 Å². The van der Waals surface area contributed by atoms with Crippen molar-refractivity contribution < 1.29 is 47.8 Å². The summed E-state index contributed by atoms with van der Waals surface area (Å²) in [4.78, 5) is 55.4. The average Bonchev–Trinajstić information content (AvgIpc) is 3.49. The maximum absolute atomic E-state index is 12.5. The SMILES string of the molecule is CCCCC[C@H](O)/C=C/[C@H]1C(=O)C=C[C@@H]1C/C=C\CCCC(=O)OC[C@H](COP(=O)(O)O)OC(=O)CCCCCCCCCCCCCCCCCC(C)C. The number of unbranched alkanes of at least 4 members (excludes halogenated alkanes) is 17. The monoisotopic (exact) mass is 797 g/mol. The van der Waals surface area contributed by atoms with E-state index >= 15 is 0 Å². The van der Waals surface area contributed by atoms with Gasteiger partial charge in [0.15, 0.2) is 11.9 Å². The highest BCUT2D eigenvalue weighted by Crippen LogP contribution is 2.36. The molecule has 11 heteroatoms. The van der Waals surface area contributed by atoms with E-state index < -0.39 is 38.6 Å². The fourth-order valence-electron chi connectivity index (χ4n) is 6.73. The Morgan fingerprint density at radius 2 is 1.33 bits per heavy atom. The summed E-state index contributed by atoms with van der Waals surface area (Å²) in [6.07, 6.45) is 35.0. The first-order valence-electron chi connectivity index (χ1n) is 21.7. The molecule has 0 heterocycles. The Kier molecular flexibility index (Phi) is 30.5. The second-order valence-corrected chi connectivity index (χ2v) is 17.1. The third kappa shape index (κ3) is 30.7. The zero-order chi connectivity index (χ0) is 40.6. The standard InChI is InChI=1S/C44H77O10P/c1-4-5-21-28-39(45)32-33-41-38(31-34-42(41)46)27-23-19-20-24-29-43(47)52-35-40(36-53-55(49,50)51)54-44(48)30-25-18-16-14-12-10-8-6-7-9-11-13-15-17-22-26-37(2)3/h19,23,31-34,37-41,45H,4-18,20-22,24-30,35-36H2,1-3H3,(H2,49,50,51)/b23-19-,33-32+/t38-,39-,40+,41+/m0/s1. The molecule has 0 spiro atoms. The first-order valence-corrected chi connectivity index (χ1v) is 23.2. The third-order valence-electron chi connectivity index (χ3n) is 10.1. The van der Waals surface area contributed by atoms with Gasteiger partial charge in [-0.2, -0.15) is 0 Å². The van der Waals surface area contributed by atoms with Crippen molar-refractivity contribution in [3.8, 4) is 0 Å². The van der Waals surface area contributed by atoms with Gasteiger partial charge in [0.1, 0.15) is 6.61 Å². The molecule has 0 amide bonds. The molecule has 0 aliphatic heterocycles. The van der Waals surface area contributed by atoms with E-state index in [-0.39, 0.29) is 37.1 Å². The first kappa shape index (κ1) is 50.9. The number of esters is 2. The molecular formula is C44H77O10P. The lowest BCUT2D eigenvalue weighted by Crippen LogP contribution is -2.29. The summed E-state index contributed by atoms with van der Waals surface area (Å²) in [6, 6.07) is 0. The van der Waals surface area contributed by atoms with Crippen LogP contribution in [0.15, 0.2) is 36.5 Å². The smallest absolute Gasteiger partial charge is 0.462 e. The molecule has 0 unspecified atom stereocenters. The Labute approximate surface area is 333 Å². The number of allylic oxidation sites excluding steroid dienone is 5. The minimum absolute atomic E-state index is 0.0289. The molecule has 318 valence electrons. The zero-order valence-electron chi connectivity index (χ0n) is 34.6. The van der Waals surface area contributed by atoms with Gasteiger partial charge in [-0.25, -0.2) is 4.57 Å². The molecule has 0 radical (unpaired) electrons. The van der Waals surface area contributed by atoms with Crippen molar-refractivity contribution >= 4 is 25.5 Å². The number of aliphatic hydroxyl groups is 1. The molecule has 4 atom stereocenters. The van der Waals surface area contributed by atoms with E-state index in [2.05, 4.69) is 25.3 Å². The summed E-state index contributed by atoms with van der Waals surface area (Å²) >= 11 is 0. The van der Waals surface area contributed by atoms with Gasteiger partial charge in [-0.3, -0.25) is 18.9 Å². The van der Waals surface area contributed by atoms with Crippen LogP contribution in [0.5, 0.6) is 0 Å². The molecule has 1 rings (SSSR count). The van der Waals surface area contributed by atoms with E-state index in [1.807, 2.05) is 24.3 Å². The molecule has 0 fully saturated rings. The summed E-state index contributed by atoms with van der Waals surface area (Å²) < 4.78 is 26.4. The highest BCUT2D eigenvalue weighted by molar-refractivity contribution is 7.46. The predicted molar refractivity (Wildman–Crippen MR) is 220 cm³/mol. The van der Waals surface area contributed by atoms with Gasteiger partial charge in [-0.15, -0.1) is 0 Å². The van der Waals surface area contributed by atoms with Gasteiger partial charge in [0.05, 0.1) is 12.7 Å². The molecule has 0 bridgehead atoms. The average molecular weight is 797 g/mol. The van der Waals surface area contributed by atoms with Crippen molar-refractivity contribution in [3.63, 3.8) is 0 Å². The van der Waals surface area contributed by atoms with Crippen LogP contribution in [0, 0.1) is 17.8 Å². The van der Waals surface area contributed by atoms with Gasteiger partial charge in [-0.1, -0.05) is 167 Å².